The Bertz CT molecular complexity index is 329. The van der Waals surface area contributed by atoms with Crippen LogP contribution in [0.3, 0.4) is 0 Å². The Labute approximate surface area is 100 Å². The second-order valence-electron chi connectivity index (χ2n) is 4.22. The zero-order valence-corrected chi connectivity index (χ0v) is 10.5. The van der Waals surface area contributed by atoms with Crippen molar-refractivity contribution in [1.82, 2.24) is 10.3 Å². The van der Waals surface area contributed by atoms with Gasteiger partial charge >= 0.3 is 0 Å². The number of aryl methyl sites for hydroxylation is 1. The Hall–Kier alpha value is -0.650. The number of rotatable bonds is 4. The Kier molecular flexibility index (Phi) is 4.15. The highest BCUT2D eigenvalue weighted by molar-refractivity contribution is 7.15. The first-order valence-corrected chi connectivity index (χ1v) is 6.63. The first-order valence-electron chi connectivity index (χ1n) is 5.81. The Morgan fingerprint density at radius 1 is 1.69 bits per heavy atom. The summed E-state index contributed by atoms with van der Waals surface area (Å²) in [7, 11) is 0. The van der Waals surface area contributed by atoms with Crippen molar-refractivity contribution in [1.29, 1.82) is 0 Å². The van der Waals surface area contributed by atoms with E-state index in [0.29, 0.717) is 12.6 Å². The van der Waals surface area contributed by atoms with Crippen molar-refractivity contribution in [3.63, 3.8) is 0 Å². The number of hydrogen-bond acceptors (Lipinski definition) is 5. The minimum atomic E-state index is 0.215. The van der Waals surface area contributed by atoms with Gasteiger partial charge in [-0.15, -0.1) is 11.3 Å². The smallest absolute Gasteiger partial charge is 0.185 e. The SMILES string of the molecule is Cc1cnc(N2CCCC(NCCO)C2)s1. The van der Waals surface area contributed by atoms with Crippen LogP contribution in [0.5, 0.6) is 0 Å². The van der Waals surface area contributed by atoms with E-state index in [4.69, 9.17) is 5.11 Å². The third-order valence-corrected chi connectivity index (χ3v) is 3.82. The number of aliphatic hydroxyl groups excluding tert-OH is 1. The van der Waals surface area contributed by atoms with Crippen molar-refractivity contribution < 1.29 is 5.11 Å². The van der Waals surface area contributed by atoms with Crippen molar-refractivity contribution in [3.8, 4) is 0 Å². The average molecular weight is 241 g/mol. The summed E-state index contributed by atoms with van der Waals surface area (Å²) in [5, 5.41) is 13.3. The van der Waals surface area contributed by atoms with Crippen LogP contribution in [0, 0.1) is 6.92 Å². The van der Waals surface area contributed by atoms with Crippen LogP contribution in [-0.4, -0.2) is 42.4 Å². The average Bonchev–Trinajstić information content (AvgIpc) is 2.74. The van der Waals surface area contributed by atoms with Crippen LogP contribution in [0.2, 0.25) is 0 Å². The van der Waals surface area contributed by atoms with E-state index in [1.807, 2.05) is 6.20 Å². The predicted molar refractivity (Wildman–Crippen MR) is 67.2 cm³/mol. The molecule has 1 unspecified atom stereocenters. The molecule has 90 valence electrons. The number of anilines is 1. The van der Waals surface area contributed by atoms with E-state index in [2.05, 4.69) is 22.1 Å². The maximum Gasteiger partial charge on any atom is 0.185 e. The fourth-order valence-corrected chi connectivity index (χ4v) is 2.87. The largest absolute Gasteiger partial charge is 0.395 e. The lowest BCUT2D eigenvalue weighted by molar-refractivity contribution is 0.278. The molecule has 1 aromatic rings. The van der Waals surface area contributed by atoms with E-state index >= 15 is 0 Å². The zero-order valence-electron chi connectivity index (χ0n) is 9.65. The van der Waals surface area contributed by atoms with Crippen LogP contribution < -0.4 is 10.2 Å². The predicted octanol–water partition coefficient (Wildman–Crippen LogP) is 1.00. The van der Waals surface area contributed by atoms with Crippen LogP contribution >= 0.6 is 11.3 Å². The summed E-state index contributed by atoms with van der Waals surface area (Å²) in [6, 6.07) is 0.491. The summed E-state index contributed by atoms with van der Waals surface area (Å²) in [6.45, 7) is 5.10. The molecule has 1 aliphatic rings. The number of thiazole rings is 1. The summed E-state index contributed by atoms with van der Waals surface area (Å²) in [4.78, 5) is 8.03. The monoisotopic (exact) mass is 241 g/mol. The normalized spacial score (nSPS) is 21.4. The third kappa shape index (κ3) is 2.93. The fourth-order valence-electron chi connectivity index (χ4n) is 2.08. The van der Waals surface area contributed by atoms with Gasteiger partial charge in [-0.1, -0.05) is 0 Å². The molecule has 4 nitrogen and oxygen atoms in total. The zero-order chi connectivity index (χ0) is 11.4. The Morgan fingerprint density at radius 2 is 2.56 bits per heavy atom. The van der Waals surface area contributed by atoms with Crippen molar-refractivity contribution in [2.45, 2.75) is 25.8 Å². The number of nitrogens with zero attached hydrogens (tertiary/aromatic N) is 2. The first-order chi connectivity index (χ1) is 7.79. The molecule has 1 atom stereocenters. The minimum absolute atomic E-state index is 0.215. The molecule has 1 fully saturated rings. The molecule has 0 spiro atoms. The van der Waals surface area contributed by atoms with Gasteiger partial charge in [-0.05, 0) is 19.8 Å². The summed E-state index contributed by atoms with van der Waals surface area (Å²) in [5.74, 6) is 0. The number of aliphatic hydroxyl groups is 1. The van der Waals surface area contributed by atoms with Crippen molar-refractivity contribution >= 4 is 16.5 Å². The van der Waals surface area contributed by atoms with E-state index in [1.165, 1.54) is 17.7 Å². The first kappa shape index (κ1) is 11.8. The van der Waals surface area contributed by atoms with Crippen molar-refractivity contribution in [2.24, 2.45) is 0 Å². The van der Waals surface area contributed by atoms with Crippen LogP contribution in [0.1, 0.15) is 17.7 Å². The Morgan fingerprint density at radius 3 is 3.25 bits per heavy atom. The minimum Gasteiger partial charge on any atom is -0.395 e. The van der Waals surface area contributed by atoms with E-state index in [-0.39, 0.29) is 6.61 Å². The summed E-state index contributed by atoms with van der Waals surface area (Å²) >= 11 is 1.76. The van der Waals surface area contributed by atoms with Crippen LogP contribution in [0.25, 0.3) is 0 Å². The van der Waals surface area contributed by atoms with Gasteiger partial charge in [0.2, 0.25) is 0 Å². The van der Waals surface area contributed by atoms with E-state index < -0.39 is 0 Å². The molecule has 0 amide bonds. The molecule has 0 bridgehead atoms. The second-order valence-corrected chi connectivity index (χ2v) is 5.43. The molecule has 2 rings (SSSR count). The van der Waals surface area contributed by atoms with Gasteiger partial charge in [0.15, 0.2) is 5.13 Å². The lowest BCUT2D eigenvalue weighted by Gasteiger charge is -2.33. The highest BCUT2D eigenvalue weighted by Crippen LogP contribution is 2.24. The lowest BCUT2D eigenvalue weighted by atomic mass is 10.1. The molecule has 0 radical (unpaired) electrons. The van der Waals surface area contributed by atoms with Crippen LogP contribution in [-0.2, 0) is 0 Å². The molecule has 1 saturated heterocycles. The maximum atomic E-state index is 8.80. The number of nitrogens with one attached hydrogen (secondary N) is 1. The van der Waals surface area contributed by atoms with Gasteiger partial charge < -0.3 is 15.3 Å². The standard InChI is InChI=1S/C11H19N3OS/c1-9-7-13-11(16-9)14-5-2-3-10(8-14)12-4-6-15/h7,10,12,15H,2-6,8H2,1H3. The Balaban J connectivity index is 1.91. The highest BCUT2D eigenvalue weighted by atomic mass is 32.1. The van der Waals surface area contributed by atoms with Crippen LogP contribution in [0.15, 0.2) is 6.20 Å². The van der Waals surface area contributed by atoms with Crippen molar-refractivity contribution in [3.05, 3.63) is 11.1 Å². The quantitative estimate of drug-likeness (QED) is 0.826. The van der Waals surface area contributed by atoms with E-state index in [9.17, 15) is 0 Å². The molecule has 5 heteroatoms. The molecule has 0 aliphatic carbocycles. The van der Waals surface area contributed by atoms with Crippen LogP contribution in [0.4, 0.5) is 5.13 Å². The van der Waals surface area contributed by atoms with Crippen molar-refractivity contribution in [2.75, 3.05) is 31.1 Å². The third-order valence-electron chi connectivity index (χ3n) is 2.85. The lowest BCUT2D eigenvalue weighted by Crippen LogP contribution is -2.46. The molecule has 2 heterocycles. The van der Waals surface area contributed by atoms with Gasteiger partial charge in [0.05, 0.1) is 6.61 Å². The van der Waals surface area contributed by atoms with Gasteiger partial charge in [0.1, 0.15) is 0 Å². The van der Waals surface area contributed by atoms with Gasteiger partial charge in [-0.2, -0.15) is 0 Å². The highest BCUT2D eigenvalue weighted by Gasteiger charge is 2.21. The summed E-state index contributed by atoms with van der Waals surface area (Å²) in [5.41, 5.74) is 0. The molecule has 0 aromatic carbocycles. The molecule has 1 aromatic heterocycles. The molecular formula is C11H19N3OS. The number of piperidine rings is 1. The number of aromatic nitrogens is 1. The van der Waals surface area contributed by atoms with Gasteiger partial charge in [0.25, 0.3) is 0 Å². The van der Waals surface area contributed by atoms with Gasteiger partial charge in [-0.3, -0.25) is 0 Å². The van der Waals surface area contributed by atoms with Gasteiger partial charge in [-0.25, -0.2) is 4.98 Å². The fraction of sp³-hybridized carbons (Fsp3) is 0.727. The number of hydrogen-bond donors (Lipinski definition) is 2. The topological polar surface area (TPSA) is 48.4 Å². The van der Waals surface area contributed by atoms with E-state index in [0.717, 1.165) is 18.2 Å². The molecule has 16 heavy (non-hydrogen) atoms. The molecule has 0 saturated carbocycles. The van der Waals surface area contributed by atoms with Gasteiger partial charge in [0, 0.05) is 36.8 Å². The van der Waals surface area contributed by atoms with E-state index in [1.54, 1.807) is 11.3 Å². The molecule has 1 aliphatic heterocycles. The molecular weight excluding hydrogens is 222 g/mol. The summed E-state index contributed by atoms with van der Waals surface area (Å²) < 4.78 is 0. The second kappa shape index (κ2) is 5.61. The molecule has 2 N–H and O–H groups in total. The summed E-state index contributed by atoms with van der Waals surface area (Å²) in [6.07, 6.45) is 4.33. The maximum absolute atomic E-state index is 8.80.